The van der Waals surface area contributed by atoms with E-state index >= 15 is 0 Å². The van der Waals surface area contributed by atoms with Crippen LogP contribution < -0.4 is 5.73 Å². The monoisotopic (exact) mass is 292 g/mol. The molecule has 0 aromatic carbocycles. The zero-order valence-corrected chi connectivity index (χ0v) is 11.4. The van der Waals surface area contributed by atoms with Crippen LogP contribution >= 0.6 is 28.3 Å². The first-order chi connectivity index (χ1) is 6.74. The number of pyridine rings is 1. The zero-order valence-electron chi connectivity index (χ0n) is 8.95. The fraction of sp³-hybridized carbons (Fsp3) is 0.545. The van der Waals surface area contributed by atoms with Gasteiger partial charge in [-0.15, -0.1) is 12.4 Å². The first kappa shape index (κ1) is 14.9. The fourth-order valence-electron chi connectivity index (χ4n) is 1.39. The summed E-state index contributed by atoms with van der Waals surface area (Å²) in [6, 6.07) is 4.12. The minimum atomic E-state index is 0. The van der Waals surface area contributed by atoms with Crippen molar-refractivity contribution in [3.05, 3.63) is 28.5 Å². The summed E-state index contributed by atoms with van der Waals surface area (Å²) in [7, 11) is 0. The zero-order chi connectivity index (χ0) is 10.4. The number of nitrogens with zero attached hydrogens (tertiary/aromatic N) is 1. The van der Waals surface area contributed by atoms with Crippen molar-refractivity contribution < 1.29 is 0 Å². The Balaban J connectivity index is 0.00000196. The van der Waals surface area contributed by atoms with Crippen LogP contribution in [0.5, 0.6) is 0 Å². The van der Waals surface area contributed by atoms with Gasteiger partial charge in [0, 0.05) is 12.2 Å². The first-order valence-corrected chi connectivity index (χ1v) is 5.90. The Morgan fingerprint density at radius 3 is 2.67 bits per heavy atom. The number of hydrogen-bond donors (Lipinski definition) is 1. The van der Waals surface area contributed by atoms with Gasteiger partial charge in [0.25, 0.3) is 0 Å². The average molecular weight is 294 g/mol. The Hall–Kier alpha value is -0.120. The standard InChI is InChI=1S/C11H17BrN2.ClH/c1-2-3-4-5-10(13)9-6-7-11(12)14-8-9;/h6-8,10H,2-5,13H2,1H3;1H/t10-;/m1./s1. The van der Waals surface area contributed by atoms with Gasteiger partial charge in [-0.1, -0.05) is 32.3 Å². The van der Waals surface area contributed by atoms with Crippen LogP contribution in [-0.2, 0) is 0 Å². The molecule has 86 valence electrons. The van der Waals surface area contributed by atoms with Crippen molar-refractivity contribution in [2.75, 3.05) is 0 Å². The summed E-state index contributed by atoms with van der Waals surface area (Å²) in [5.41, 5.74) is 7.16. The lowest BCUT2D eigenvalue weighted by Crippen LogP contribution is -2.10. The summed E-state index contributed by atoms with van der Waals surface area (Å²) in [5, 5.41) is 0. The molecule has 1 atom stereocenters. The van der Waals surface area contributed by atoms with Crippen molar-refractivity contribution in [2.24, 2.45) is 5.73 Å². The van der Waals surface area contributed by atoms with Gasteiger partial charge in [-0.25, -0.2) is 4.98 Å². The van der Waals surface area contributed by atoms with E-state index in [9.17, 15) is 0 Å². The van der Waals surface area contributed by atoms with Crippen LogP contribution in [0, 0.1) is 0 Å². The average Bonchev–Trinajstić information content (AvgIpc) is 2.19. The van der Waals surface area contributed by atoms with Gasteiger partial charge in [0.05, 0.1) is 0 Å². The molecule has 0 unspecified atom stereocenters. The smallest absolute Gasteiger partial charge is 0.106 e. The Kier molecular flexibility index (Phi) is 8.02. The molecule has 1 rings (SSSR count). The third-order valence-electron chi connectivity index (χ3n) is 2.30. The van der Waals surface area contributed by atoms with Crippen molar-refractivity contribution in [2.45, 2.75) is 38.6 Å². The SMILES string of the molecule is CCCCC[C@@H](N)c1ccc(Br)nc1.Cl. The molecule has 0 spiro atoms. The van der Waals surface area contributed by atoms with E-state index < -0.39 is 0 Å². The van der Waals surface area contributed by atoms with Gasteiger partial charge in [-0.2, -0.15) is 0 Å². The molecule has 0 aliphatic heterocycles. The molecule has 0 amide bonds. The highest BCUT2D eigenvalue weighted by atomic mass is 79.9. The third kappa shape index (κ3) is 5.50. The second-order valence-corrected chi connectivity index (χ2v) is 4.33. The lowest BCUT2D eigenvalue weighted by atomic mass is 10.0. The van der Waals surface area contributed by atoms with E-state index in [0.717, 1.165) is 16.6 Å². The lowest BCUT2D eigenvalue weighted by Gasteiger charge is -2.10. The number of halogens is 2. The predicted octanol–water partition coefficient (Wildman–Crippen LogP) is 3.85. The van der Waals surface area contributed by atoms with E-state index in [4.69, 9.17) is 5.73 Å². The van der Waals surface area contributed by atoms with Gasteiger partial charge in [0.2, 0.25) is 0 Å². The molecule has 0 radical (unpaired) electrons. The summed E-state index contributed by atoms with van der Waals surface area (Å²) in [6.45, 7) is 2.20. The van der Waals surface area contributed by atoms with Crippen LogP contribution in [0.25, 0.3) is 0 Å². The highest BCUT2D eigenvalue weighted by molar-refractivity contribution is 9.10. The van der Waals surface area contributed by atoms with E-state index in [1.807, 2.05) is 18.3 Å². The van der Waals surface area contributed by atoms with Crippen molar-refractivity contribution >= 4 is 28.3 Å². The van der Waals surface area contributed by atoms with Crippen LogP contribution in [0.15, 0.2) is 22.9 Å². The Morgan fingerprint density at radius 2 is 2.13 bits per heavy atom. The number of aromatic nitrogens is 1. The summed E-state index contributed by atoms with van der Waals surface area (Å²) in [4.78, 5) is 4.17. The molecule has 0 bridgehead atoms. The molecule has 0 fully saturated rings. The molecule has 0 aliphatic rings. The van der Waals surface area contributed by atoms with Crippen molar-refractivity contribution in [3.63, 3.8) is 0 Å². The number of hydrogen-bond acceptors (Lipinski definition) is 2. The van der Waals surface area contributed by atoms with Gasteiger partial charge in [-0.3, -0.25) is 0 Å². The first-order valence-electron chi connectivity index (χ1n) is 5.11. The Bertz CT molecular complexity index is 264. The molecular weight excluding hydrogens is 275 g/mol. The lowest BCUT2D eigenvalue weighted by molar-refractivity contribution is 0.580. The topological polar surface area (TPSA) is 38.9 Å². The van der Waals surface area contributed by atoms with E-state index in [1.165, 1.54) is 19.3 Å². The van der Waals surface area contributed by atoms with Gasteiger partial charge in [0.1, 0.15) is 4.60 Å². The van der Waals surface area contributed by atoms with Gasteiger partial charge < -0.3 is 5.73 Å². The van der Waals surface area contributed by atoms with E-state index in [1.54, 1.807) is 0 Å². The summed E-state index contributed by atoms with van der Waals surface area (Å²) in [5.74, 6) is 0. The maximum atomic E-state index is 6.03. The highest BCUT2D eigenvalue weighted by Gasteiger charge is 2.05. The molecule has 1 heterocycles. The predicted molar refractivity (Wildman–Crippen MR) is 70.3 cm³/mol. The Labute approximate surface area is 106 Å². The molecule has 2 nitrogen and oxygen atoms in total. The molecule has 0 saturated carbocycles. The van der Waals surface area contributed by atoms with Crippen LogP contribution in [0.3, 0.4) is 0 Å². The molecule has 1 aromatic rings. The summed E-state index contributed by atoms with van der Waals surface area (Å²) >= 11 is 3.31. The second kappa shape index (κ2) is 8.08. The molecule has 0 aliphatic carbocycles. The van der Waals surface area contributed by atoms with Gasteiger partial charge in [0.15, 0.2) is 0 Å². The van der Waals surface area contributed by atoms with Crippen molar-refractivity contribution in [3.8, 4) is 0 Å². The maximum Gasteiger partial charge on any atom is 0.106 e. The number of rotatable bonds is 5. The van der Waals surface area contributed by atoms with Crippen LogP contribution in [0.4, 0.5) is 0 Å². The molecular formula is C11H18BrClN2. The van der Waals surface area contributed by atoms with Crippen molar-refractivity contribution in [1.82, 2.24) is 4.98 Å². The van der Waals surface area contributed by atoms with Crippen LogP contribution in [-0.4, -0.2) is 4.98 Å². The van der Waals surface area contributed by atoms with Crippen molar-refractivity contribution in [1.29, 1.82) is 0 Å². The quantitative estimate of drug-likeness (QED) is 0.661. The molecule has 1 aromatic heterocycles. The second-order valence-electron chi connectivity index (χ2n) is 3.52. The third-order valence-corrected chi connectivity index (χ3v) is 2.77. The maximum absolute atomic E-state index is 6.03. The molecule has 4 heteroatoms. The van der Waals surface area contributed by atoms with Gasteiger partial charge in [-0.05, 0) is 34.0 Å². The van der Waals surface area contributed by atoms with E-state index in [0.29, 0.717) is 0 Å². The molecule has 2 N–H and O–H groups in total. The highest BCUT2D eigenvalue weighted by Crippen LogP contribution is 2.17. The normalized spacial score (nSPS) is 11.9. The Morgan fingerprint density at radius 1 is 1.40 bits per heavy atom. The summed E-state index contributed by atoms with van der Waals surface area (Å²) < 4.78 is 0.863. The van der Waals surface area contributed by atoms with Crippen LogP contribution in [0.1, 0.15) is 44.2 Å². The minimum Gasteiger partial charge on any atom is -0.324 e. The fourth-order valence-corrected chi connectivity index (χ4v) is 1.62. The minimum absolute atomic E-state index is 0. The molecule has 0 saturated heterocycles. The molecule has 15 heavy (non-hydrogen) atoms. The van der Waals surface area contributed by atoms with Gasteiger partial charge >= 0.3 is 0 Å². The summed E-state index contributed by atoms with van der Waals surface area (Å²) in [6.07, 6.45) is 6.61. The number of unbranched alkanes of at least 4 members (excludes halogenated alkanes) is 2. The number of nitrogens with two attached hydrogens (primary N) is 1. The van der Waals surface area contributed by atoms with E-state index in [-0.39, 0.29) is 18.4 Å². The van der Waals surface area contributed by atoms with E-state index in [2.05, 4.69) is 27.8 Å². The van der Waals surface area contributed by atoms with Crippen LogP contribution in [0.2, 0.25) is 0 Å². The largest absolute Gasteiger partial charge is 0.324 e.